The van der Waals surface area contributed by atoms with Gasteiger partial charge in [0.25, 0.3) is 0 Å². The summed E-state index contributed by atoms with van der Waals surface area (Å²) in [5.41, 5.74) is -5.38. The Morgan fingerprint density at radius 1 is 1.14 bits per heavy atom. The second-order valence-corrected chi connectivity index (χ2v) is 7.57. The van der Waals surface area contributed by atoms with E-state index < -0.39 is 15.5 Å². The van der Waals surface area contributed by atoms with Crippen molar-refractivity contribution >= 4 is 44.5 Å². The van der Waals surface area contributed by atoms with Gasteiger partial charge in [-0.05, 0) is 44.2 Å². The maximum Gasteiger partial charge on any atom is 0.516 e. The molecule has 0 fully saturated rings. The predicted octanol–water partition coefficient (Wildman–Crippen LogP) is 5.26. The van der Waals surface area contributed by atoms with Crippen molar-refractivity contribution in [3.8, 4) is 0 Å². The highest BCUT2D eigenvalue weighted by atomic mass is 35.5. The molecule has 1 aromatic carbocycles. The van der Waals surface area contributed by atoms with Gasteiger partial charge >= 0.3 is 15.5 Å². The number of hydrogen-bond acceptors (Lipinski definition) is 6. The van der Waals surface area contributed by atoms with E-state index in [0.717, 1.165) is 0 Å². The Hall–Kier alpha value is -2.40. The quantitative estimate of drug-likeness (QED) is 0.601. The van der Waals surface area contributed by atoms with Crippen molar-refractivity contribution in [1.82, 2.24) is 4.98 Å². The Labute approximate surface area is 165 Å². The summed E-state index contributed by atoms with van der Waals surface area (Å²) >= 11 is 5.72. The van der Waals surface area contributed by atoms with Crippen molar-refractivity contribution < 1.29 is 21.6 Å². The van der Waals surface area contributed by atoms with Gasteiger partial charge in [0, 0.05) is 25.0 Å². The van der Waals surface area contributed by atoms with Crippen molar-refractivity contribution in [2.45, 2.75) is 19.4 Å². The number of aromatic nitrogens is 1. The topological polar surface area (TPSA) is 87.0 Å². The lowest BCUT2D eigenvalue weighted by Gasteiger charge is -2.22. The zero-order chi connectivity index (χ0) is 20.9. The largest absolute Gasteiger partial charge is 0.516 e. The van der Waals surface area contributed by atoms with Gasteiger partial charge in [-0.25, -0.2) is 4.98 Å². The van der Waals surface area contributed by atoms with Crippen LogP contribution in [0.5, 0.6) is 0 Å². The summed E-state index contributed by atoms with van der Waals surface area (Å²) in [4.78, 5) is 5.73. The number of benzene rings is 1. The number of sulfonamides is 1. The van der Waals surface area contributed by atoms with Crippen LogP contribution in [0.4, 0.5) is 36.1 Å². The van der Waals surface area contributed by atoms with E-state index in [4.69, 9.17) is 11.6 Å². The zero-order valence-corrected chi connectivity index (χ0v) is 16.5. The molecule has 0 bridgehead atoms. The zero-order valence-electron chi connectivity index (χ0n) is 14.9. The highest BCUT2D eigenvalue weighted by molar-refractivity contribution is 7.93. The van der Waals surface area contributed by atoms with E-state index in [2.05, 4.69) is 15.2 Å². The van der Waals surface area contributed by atoms with E-state index in [1.165, 1.54) is 30.5 Å². The van der Waals surface area contributed by atoms with Crippen molar-refractivity contribution in [1.29, 1.82) is 0 Å². The van der Waals surface area contributed by atoms with Crippen LogP contribution in [0.15, 0.2) is 46.8 Å². The molecule has 0 aliphatic heterocycles. The third-order valence-electron chi connectivity index (χ3n) is 3.63. The first kappa shape index (κ1) is 21.9. The standard InChI is InChI=1S/C16H17ClF3N5O2S/c1-3-25(4-2)12-6-7-13(22-23-15-8-5-11(17)10-21-15)14(9-12)24-28(26,27)16(18,19)20/h5-10,24H,3-4H2,1-2H3. The van der Waals surface area contributed by atoms with Crippen LogP contribution in [0.3, 0.4) is 0 Å². The van der Waals surface area contributed by atoms with E-state index in [0.29, 0.717) is 23.8 Å². The lowest BCUT2D eigenvalue weighted by molar-refractivity contribution is -0.0429. The molecule has 12 heteroatoms. The summed E-state index contributed by atoms with van der Waals surface area (Å²) in [5, 5.41) is 8.02. The average molecular weight is 436 g/mol. The van der Waals surface area contributed by atoms with Gasteiger partial charge in [0.1, 0.15) is 5.69 Å². The van der Waals surface area contributed by atoms with Crippen LogP contribution in [0.25, 0.3) is 0 Å². The number of nitrogens with one attached hydrogen (secondary N) is 1. The maximum atomic E-state index is 12.8. The van der Waals surface area contributed by atoms with E-state index in [-0.39, 0.29) is 17.2 Å². The molecule has 152 valence electrons. The normalized spacial score (nSPS) is 12.4. The average Bonchev–Trinajstić information content (AvgIpc) is 2.62. The summed E-state index contributed by atoms with van der Waals surface area (Å²) in [5.74, 6) is 0.154. The van der Waals surface area contributed by atoms with E-state index >= 15 is 0 Å². The van der Waals surface area contributed by atoms with Crippen LogP contribution in [0.1, 0.15) is 13.8 Å². The molecule has 0 amide bonds. The SMILES string of the molecule is CCN(CC)c1ccc(N=Nc2ccc(Cl)cn2)c(NS(=O)(=O)C(F)(F)F)c1. The van der Waals surface area contributed by atoms with Crippen LogP contribution in [-0.2, 0) is 10.0 Å². The van der Waals surface area contributed by atoms with Crippen LogP contribution in [0, 0.1) is 0 Å². The number of anilines is 2. The molecule has 2 aromatic rings. The van der Waals surface area contributed by atoms with Gasteiger partial charge in [0.15, 0.2) is 5.82 Å². The van der Waals surface area contributed by atoms with Gasteiger partial charge in [-0.15, -0.1) is 10.2 Å². The smallest absolute Gasteiger partial charge is 0.372 e. The van der Waals surface area contributed by atoms with Crippen molar-refractivity contribution in [2.24, 2.45) is 10.2 Å². The molecular formula is C16H17ClF3N5O2S. The lowest BCUT2D eigenvalue weighted by Crippen LogP contribution is -2.30. The van der Waals surface area contributed by atoms with E-state index in [1.807, 2.05) is 18.7 Å². The van der Waals surface area contributed by atoms with Gasteiger partial charge in [-0.1, -0.05) is 11.6 Å². The molecule has 28 heavy (non-hydrogen) atoms. The minimum Gasteiger partial charge on any atom is -0.372 e. The summed E-state index contributed by atoms with van der Waals surface area (Å²) in [6.45, 7) is 4.89. The molecule has 0 spiro atoms. The van der Waals surface area contributed by atoms with Crippen molar-refractivity contribution in [2.75, 3.05) is 22.7 Å². The molecule has 1 aromatic heterocycles. The first-order valence-corrected chi connectivity index (χ1v) is 9.95. The molecular weight excluding hydrogens is 419 g/mol. The predicted molar refractivity (Wildman–Crippen MR) is 102 cm³/mol. The number of rotatable bonds is 7. The summed E-state index contributed by atoms with van der Waals surface area (Å²) in [6.07, 6.45) is 1.33. The second-order valence-electron chi connectivity index (χ2n) is 5.46. The van der Waals surface area contributed by atoms with Crippen molar-refractivity contribution in [3.05, 3.63) is 41.6 Å². The van der Waals surface area contributed by atoms with Crippen LogP contribution < -0.4 is 9.62 Å². The minimum atomic E-state index is -5.62. The van der Waals surface area contributed by atoms with Gasteiger partial charge in [0.2, 0.25) is 0 Å². The Kier molecular flexibility index (Phi) is 6.83. The fraction of sp³-hybridized carbons (Fsp3) is 0.312. The molecule has 0 atom stereocenters. The molecule has 2 rings (SSSR count). The molecule has 0 unspecified atom stereocenters. The third kappa shape index (κ3) is 5.32. The van der Waals surface area contributed by atoms with E-state index in [1.54, 1.807) is 10.8 Å². The van der Waals surface area contributed by atoms with Crippen LogP contribution in [0.2, 0.25) is 5.02 Å². The molecule has 7 nitrogen and oxygen atoms in total. The van der Waals surface area contributed by atoms with Gasteiger partial charge in [0.05, 0.1) is 10.7 Å². The molecule has 0 radical (unpaired) electrons. The number of nitrogens with zero attached hydrogens (tertiary/aromatic N) is 4. The molecule has 1 N–H and O–H groups in total. The first-order valence-electron chi connectivity index (χ1n) is 8.08. The number of alkyl halides is 3. The molecule has 0 saturated heterocycles. The number of pyridine rings is 1. The van der Waals surface area contributed by atoms with Gasteiger partial charge < -0.3 is 4.90 Å². The Balaban J connectivity index is 2.47. The fourth-order valence-corrected chi connectivity index (χ4v) is 2.89. The van der Waals surface area contributed by atoms with Gasteiger partial charge in [-0.2, -0.15) is 21.6 Å². The monoisotopic (exact) mass is 435 g/mol. The second kappa shape index (κ2) is 8.74. The number of halogens is 4. The highest BCUT2D eigenvalue weighted by Crippen LogP contribution is 2.34. The van der Waals surface area contributed by atoms with Crippen LogP contribution in [-0.4, -0.2) is 32.0 Å². The maximum absolute atomic E-state index is 12.8. The third-order valence-corrected chi connectivity index (χ3v) is 4.95. The summed E-state index contributed by atoms with van der Waals surface area (Å²) in [7, 11) is -5.62. The Bertz CT molecular complexity index is 946. The van der Waals surface area contributed by atoms with Gasteiger partial charge in [-0.3, -0.25) is 4.72 Å². The van der Waals surface area contributed by atoms with Crippen LogP contribution >= 0.6 is 11.6 Å². The lowest BCUT2D eigenvalue weighted by atomic mass is 10.2. The number of hydrogen-bond donors (Lipinski definition) is 1. The van der Waals surface area contributed by atoms with E-state index in [9.17, 15) is 21.6 Å². The first-order chi connectivity index (χ1) is 13.1. The minimum absolute atomic E-state index is 0.0968. The number of azo groups is 1. The Morgan fingerprint density at radius 2 is 1.82 bits per heavy atom. The molecule has 1 heterocycles. The summed E-state index contributed by atoms with van der Waals surface area (Å²) < 4.78 is 63.0. The molecule has 0 aliphatic carbocycles. The fourth-order valence-electron chi connectivity index (χ4n) is 2.21. The molecule has 0 aliphatic rings. The highest BCUT2D eigenvalue weighted by Gasteiger charge is 2.46. The molecule has 0 saturated carbocycles. The van der Waals surface area contributed by atoms with Crippen molar-refractivity contribution in [3.63, 3.8) is 0 Å². The summed E-state index contributed by atoms with van der Waals surface area (Å²) in [6, 6.07) is 7.23. The Morgan fingerprint density at radius 3 is 2.36 bits per heavy atom.